The van der Waals surface area contributed by atoms with Crippen LogP contribution in [0.5, 0.6) is 11.5 Å². The van der Waals surface area contributed by atoms with Crippen LogP contribution in [0.4, 0.5) is 11.5 Å². The molecule has 1 aromatic heterocycles. The number of methoxy groups -OCH3 is 2. The van der Waals surface area contributed by atoms with E-state index in [0.29, 0.717) is 24.5 Å². The summed E-state index contributed by atoms with van der Waals surface area (Å²) in [5.74, 6) is 1.81. The van der Waals surface area contributed by atoms with E-state index in [9.17, 15) is 4.79 Å². The summed E-state index contributed by atoms with van der Waals surface area (Å²) in [6.45, 7) is 0.495. The first-order chi connectivity index (χ1) is 13.7. The normalized spacial score (nSPS) is 10.2. The number of anilines is 2. The molecule has 0 saturated carbocycles. The molecule has 0 fully saturated rings. The molecule has 0 atom stereocenters. The molecular formula is C21H22N4O3. The minimum Gasteiger partial charge on any atom is -0.497 e. The van der Waals surface area contributed by atoms with Crippen LogP contribution in [0.2, 0.25) is 0 Å². The summed E-state index contributed by atoms with van der Waals surface area (Å²) in [6.07, 6.45) is 2.06. The van der Waals surface area contributed by atoms with Crippen LogP contribution >= 0.6 is 0 Å². The van der Waals surface area contributed by atoms with Crippen molar-refractivity contribution in [2.24, 2.45) is 0 Å². The smallest absolute Gasteiger partial charge is 0.270 e. The average Bonchev–Trinajstić information content (AvgIpc) is 2.74. The zero-order chi connectivity index (χ0) is 19.8. The summed E-state index contributed by atoms with van der Waals surface area (Å²) in [4.78, 5) is 20.6. The van der Waals surface area contributed by atoms with Crippen molar-refractivity contribution < 1.29 is 14.3 Å². The number of nitrogens with one attached hydrogen (secondary N) is 2. The van der Waals surface area contributed by atoms with E-state index < -0.39 is 0 Å². The van der Waals surface area contributed by atoms with Crippen molar-refractivity contribution in [1.82, 2.24) is 15.3 Å². The number of rotatable bonds is 8. The number of benzene rings is 2. The zero-order valence-electron chi connectivity index (χ0n) is 15.8. The van der Waals surface area contributed by atoms with E-state index >= 15 is 0 Å². The summed E-state index contributed by atoms with van der Waals surface area (Å²) in [7, 11) is 3.24. The highest BCUT2D eigenvalue weighted by atomic mass is 16.5. The van der Waals surface area contributed by atoms with Gasteiger partial charge in [-0.1, -0.05) is 18.2 Å². The number of hydrogen-bond acceptors (Lipinski definition) is 6. The van der Waals surface area contributed by atoms with Gasteiger partial charge in [0.05, 0.1) is 14.2 Å². The van der Waals surface area contributed by atoms with Crippen LogP contribution in [0.25, 0.3) is 0 Å². The molecule has 0 saturated heterocycles. The molecule has 7 nitrogen and oxygen atoms in total. The summed E-state index contributed by atoms with van der Waals surface area (Å²) < 4.78 is 10.4. The molecule has 7 heteroatoms. The molecule has 28 heavy (non-hydrogen) atoms. The quantitative estimate of drug-likeness (QED) is 0.626. The molecule has 2 aromatic carbocycles. The number of aromatic nitrogens is 2. The maximum absolute atomic E-state index is 12.4. The van der Waals surface area contributed by atoms with E-state index in [1.807, 2.05) is 48.5 Å². The van der Waals surface area contributed by atoms with Crippen LogP contribution in [-0.4, -0.2) is 36.6 Å². The predicted octanol–water partition coefficient (Wildman–Crippen LogP) is 3.21. The van der Waals surface area contributed by atoms with Crippen molar-refractivity contribution in [3.63, 3.8) is 0 Å². The Hall–Kier alpha value is -3.61. The maximum Gasteiger partial charge on any atom is 0.270 e. The first-order valence-corrected chi connectivity index (χ1v) is 8.82. The van der Waals surface area contributed by atoms with Crippen molar-refractivity contribution in [1.29, 1.82) is 0 Å². The second kappa shape index (κ2) is 9.36. The molecule has 2 N–H and O–H groups in total. The molecule has 144 valence electrons. The average molecular weight is 378 g/mol. The number of ether oxygens (including phenoxy) is 2. The summed E-state index contributed by atoms with van der Waals surface area (Å²) >= 11 is 0. The standard InChI is InChI=1S/C21H22N4O3/c1-27-17-7-3-5-15(11-17)9-10-22-21(26)19-13-20(24-14-23-19)25-16-6-4-8-18(12-16)28-2/h3-8,11-14H,9-10H2,1-2H3,(H,22,26)(H,23,24,25). The Morgan fingerprint density at radius 3 is 2.50 bits per heavy atom. The van der Waals surface area contributed by atoms with Gasteiger partial charge in [-0.2, -0.15) is 0 Å². The topological polar surface area (TPSA) is 85.4 Å². The van der Waals surface area contributed by atoms with Gasteiger partial charge in [-0.25, -0.2) is 9.97 Å². The first-order valence-electron chi connectivity index (χ1n) is 8.82. The molecule has 0 bridgehead atoms. The molecule has 0 spiro atoms. The largest absolute Gasteiger partial charge is 0.497 e. The summed E-state index contributed by atoms with van der Waals surface area (Å²) in [5, 5.41) is 6.02. The van der Waals surface area contributed by atoms with Gasteiger partial charge in [-0.15, -0.1) is 0 Å². The molecule has 3 rings (SSSR count). The number of carbonyl (C=O) groups excluding carboxylic acids is 1. The lowest BCUT2D eigenvalue weighted by atomic mass is 10.1. The van der Waals surface area contributed by atoms with Gasteiger partial charge < -0.3 is 20.1 Å². The lowest BCUT2D eigenvalue weighted by Gasteiger charge is -2.09. The minimum atomic E-state index is -0.251. The monoisotopic (exact) mass is 378 g/mol. The molecule has 1 heterocycles. The lowest BCUT2D eigenvalue weighted by Crippen LogP contribution is -2.26. The van der Waals surface area contributed by atoms with Crippen LogP contribution in [0.1, 0.15) is 16.1 Å². The van der Waals surface area contributed by atoms with Gasteiger partial charge in [0.15, 0.2) is 0 Å². The van der Waals surface area contributed by atoms with E-state index in [1.165, 1.54) is 6.33 Å². The Labute approximate surface area is 163 Å². The zero-order valence-corrected chi connectivity index (χ0v) is 15.8. The van der Waals surface area contributed by atoms with Crippen LogP contribution < -0.4 is 20.1 Å². The fraction of sp³-hybridized carbons (Fsp3) is 0.190. The van der Waals surface area contributed by atoms with Crippen LogP contribution in [0.3, 0.4) is 0 Å². The molecule has 0 aliphatic rings. The van der Waals surface area contributed by atoms with E-state index in [0.717, 1.165) is 22.7 Å². The van der Waals surface area contributed by atoms with E-state index in [-0.39, 0.29) is 5.91 Å². The van der Waals surface area contributed by atoms with E-state index in [4.69, 9.17) is 9.47 Å². The predicted molar refractivity (Wildman–Crippen MR) is 107 cm³/mol. The third-order valence-electron chi connectivity index (χ3n) is 4.08. The molecule has 3 aromatic rings. The maximum atomic E-state index is 12.4. The highest BCUT2D eigenvalue weighted by Crippen LogP contribution is 2.20. The van der Waals surface area contributed by atoms with Gasteiger partial charge in [-0.05, 0) is 36.2 Å². The fourth-order valence-corrected chi connectivity index (χ4v) is 2.64. The molecule has 0 radical (unpaired) electrons. The van der Waals surface area contributed by atoms with Crippen LogP contribution in [0, 0.1) is 0 Å². The first kappa shape index (κ1) is 19.2. The highest BCUT2D eigenvalue weighted by molar-refractivity contribution is 5.92. The number of hydrogen-bond donors (Lipinski definition) is 2. The van der Waals surface area contributed by atoms with Crippen molar-refractivity contribution >= 4 is 17.4 Å². The van der Waals surface area contributed by atoms with Crippen LogP contribution in [0.15, 0.2) is 60.9 Å². The van der Waals surface area contributed by atoms with Crippen LogP contribution in [-0.2, 0) is 6.42 Å². The van der Waals surface area contributed by atoms with Crippen molar-refractivity contribution in [2.45, 2.75) is 6.42 Å². The van der Waals surface area contributed by atoms with Crippen molar-refractivity contribution in [2.75, 3.05) is 26.1 Å². The third-order valence-corrected chi connectivity index (χ3v) is 4.08. The Kier molecular flexibility index (Phi) is 6.41. The number of amides is 1. The highest BCUT2D eigenvalue weighted by Gasteiger charge is 2.09. The summed E-state index contributed by atoms with van der Waals surface area (Å²) in [6, 6.07) is 16.8. The second-order valence-corrected chi connectivity index (χ2v) is 6.00. The van der Waals surface area contributed by atoms with Gasteiger partial charge in [0, 0.05) is 24.4 Å². The lowest BCUT2D eigenvalue weighted by molar-refractivity contribution is 0.0949. The SMILES string of the molecule is COc1cccc(CCNC(=O)c2cc(Nc3cccc(OC)c3)ncn2)c1. The van der Waals surface area contributed by atoms with Crippen molar-refractivity contribution in [3.8, 4) is 11.5 Å². The minimum absolute atomic E-state index is 0.251. The van der Waals surface area contributed by atoms with Gasteiger partial charge in [0.2, 0.25) is 0 Å². The molecular weight excluding hydrogens is 356 g/mol. The Morgan fingerprint density at radius 2 is 1.71 bits per heavy atom. The Bertz CT molecular complexity index is 946. The van der Waals surface area contributed by atoms with E-state index in [1.54, 1.807) is 20.3 Å². The Balaban J connectivity index is 1.58. The molecule has 0 aliphatic heterocycles. The number of carbonyl (C=O) groups is 1. The van der Waals surface area contributed by atoms with Gasteiger partial charge in [0.25, 0.3) is 5.91 Å². The second-order valence-electron chi connectivity index (χ2n) is 6.00. The van der Waals surface area contributed by atoms with Crippen molar-refractivity contribution in [3.05, 3.63) is 72.2 Å². The summed E-state index contributed by atoms with van der Waals surface area (Å²) in [5.41, 5.74) is 2.19. The number of nitrogens with zero attached hydrogens (tertiary/aromatic N) is 2. The fourth-order valence-electron chi connectivity index (χ4n) is 2.64. The third kappa shape index (κ3) is 5.20. The molecule has 0 aliphatic carbocycles. The van der Waals surface area contributed by atoms with Gasteiger partial charge in [0.1, 0.15) is 29.3 Å². The van der Waals surface area contributed by atoms with Gasteiger partial charge >= 0.3 is 0 Å². The van der Waals surface area contributed by atoms with E-state index in [2.05, 4.69) is 20.6 Å². The molecule has 0 unspecified atom stereocenters. The molecule has 1 amide bonds. The van der Waals surface area contributed by atoms with Gasteiger partial charge in [-0.3, -0.25) is 4.79 Å². The Morgan fingerprint density at radius 1 is 0.964 bits per heavy atom.